The van der Waals surface area contributed by atoms with Crippen LogP contribution < -0.4 is 4.72 Å². The van der Waals surface area contributed by atoms with Gasteiger partial charge < -0.3 is 0 Å². The van der Waals surface area contributed by atoms with E-state index in [-0.39, 0.29) is 4.90 Å². The van der Waals surface area contributed by atoms with Crippen LogP contribution in [0.3, 0.4) is 0 Å². The number of aryl methyl sites for hydroxylation is 2. The summed E-state index contributed by atoms with van der Waals surface area (Å²) in [5.41, 5.74) is 1.13. The third-order valence-electron chi connectivity index (χ3n) is 2.38. The van der Waals surface area contributed by atoms with Crippen LogP contribution in [0.1, 0.15) is 5.56 Å². The SMILES string of the molecule is Cc1cc(Br)ccc1S(=O)(=O)Nc1cnn(C)c1. The van der Waals surface area contributed by atoms with Crippen molar-refractivity contribution in [2.45, 2.75) is 11.8 Å². The van der Waals surface area contributed by atoms with Gasteiger partial charge in [-0.3, -0.25) is 9.40 Å². The maximum absolute atomic E-state index is 12.2. The zero-order valence-electron chi connectivity index (χ0n) is 9.88. The molecule has 18 heavy (non-hydrogen) atoms. The quantitative estimate of drug-likeness (QED) is 0.939. The normalized spacial score (nSPS) is 11.5. The van der Waals surface area contributed by atoms with Gasteiger partial charge in [0.25, 0.3) is 10.0 Å². The first-order valence-electron chi connectivity index (χ1n) is 5.16. The highest BCUT2D eigenvalue weighted by atomic mass is 79.9. The van der Waals surface area contributed by atoms with Gasteiger partial charge in [-0.05, 0) is 30.7 Å². The number of nitrogens with zero attached hydrogens (tertiary/aromatic N) is 2. The van der Waals surface area contributed by atoms with Gasteiger partial charge in [-0.15, -0.1) is 0 Å². The van der Waals surface area contributed by atoms with Gasteiger partial charge in [0.1, 0.15) is 0 Å². The maximum Gasteiger partial charge on any atom is 0.262 e. The summed E-state index contributed by atoms with van der Waals surface area (Å²) < 4.78 is 29.2. The molecule has 7 heteroatoms. The fourth-order valence-electron chi connectivity index (χ4n) is 1.60. The number of sulfonamides is 1. The largest absolute Gasteiger partial charge is 0.276 e. The highest BCUT2D eigenvalue weighted by Crippen LogP contribution is 2.22. The Labute approximate surface area is 114 Å². The van der Waals surface area contributed by atoms with Crippen molar-refractivity contribution >= 4 is 31.6 Å². The molecule has 0 aliphatic carbocycles. The molecule has 2 rings (SSSR count). The number of hydrogen-bond acceptors (Lipinski definition) is 3. The van der Waals surface area contributed by atoms with Gasteiger partial charge >= 0.3 is 0 Å². The molecule has 0 fully saturated rings. The summed E-state index contributed by atoms with van der Waals surface area (Å²) in [4.78, 5) is 0.259. The van der Waals surface area contributed by atoms with Crippen LogP contribution in [0.15, 0.2) is 40.0 Å². The third-order valence-corrected chi connectivity index (χ3v) is 4.42. The van der Waals surface area contributed by atoms with Crippen LogP contribution in [0.4, 0.5) is 5.69 Å². The van der Waals surface area contributed by atoms with E-state index in [1.54, 1.807) is 38.4 Å². The molecule has 0 unspecified atom stereocenters. The van der Waals surface area contributed by atoms with Crippen molar-refractivity contribution in [3.63, 3.8) is 0 Å². The van der Waals surface area contributed by atoms with E-state index in [4.69, 9.17) is 0 Å². The van der Waals surface area contributed by atoms with Crippen molar-refractivity contribution in [3.8, 4) is 0 Å². The maximum atomic E-state index is 12.2. The Hall–Kier alpha value is -1.34. The standard InChI is InChI=1S/C11H12BrN3O2S/c1-8-5-9(12)3-4-11(8)18(16,17)14-10-6-13-15(2)7-10/h3-7,14H,1-2H3. The Morgan fingerprint density at radius 1 is 1.39 bits per heavy atom. The summed E-state index contributed by atoms with van der Waals surface area (Å²) in [5.74, 6) is 0. The molecule has 1 aromatic carbocycles. The second-order valence-electron chi connectivity index (χ2n) is 3.92. The van der Waals surface area contributed by atoms with Gasteiger partial charge in [0.05, 0.1) is 16.8 Å². The monoisotopic (exact) mass is 329 g/mol. The molecular formula is C11H12BrN3O2S. The van der Waals surface area contributed by atoms with Crippen molar-refractivity contribution in [2.24, 2.45) is 7.05 Å². The van der Waals surface area contributed by atoms with Gasteiger partial charge in [0.2, 0.25) is 0 Å². The lowest BCUT2D eigenvalue weighted by atomic mass is 10.2. The number of benzene rings is 1. The number of nitrogens with one attached hydrogen (secondary N) is 1. The number of anilines is 1. The highest BCUT2D eigenvalue weighted by molar-refractivity contribution is 9.10. The van der Waals surface area contributed by atoms with Gasteiger partial charge in [0.15, 0.2) is 0 Å². The molecule has 0 bridgehead atoms. The number of aromatic nitrogens is 2. The van der Waals surface area contributed by atoms with Crippen molar-refractivity contribution in [1.29, 1.82) is 0 Å². The molecule has 0 radical (unpaired) electrons. The average Bonchev–Trinajstić information content (AvgIpc) is 2.62. The Morgan fingerprint density at radius 3 is 2.67 bits per heavy atom. The minimum absolute atomic E-state index is 0.259. The van der Waals surface area contributed by atoms with E-state index < -0.39 is 10.0 Å². The van der Waals surface area contributed by atoms with Gasteiger partial charge in [-0.25, -0.2) is 8.42 Å². The summed E-state index contributed by atoms with van der Waals surface area (Å²) >= 11 is 3.30. The smallest absolute Gasteiger partial charge is 0.262 e. The predicted molar refractivity (Wildman–Crippen MR) is 72.9 cm³/mol. The Bertz CT molecular complexity index is 679. The van der Waals surface area contributed by atoms with Crippen LogP contribution >= 0.6 is 15.9 Å². The minimum Gasteiger partial charge on any atom is -0.276 e. The zero-order valence-corrected chi connectivity index (χ0v) is 12.3. The second-order valence-corrected chi connectivity index (χ2v) is 6.48. The molecule has 1 heterocycles. The van der Waals surface area contributed by atoms with E-state index in [9.17, 15) is 8.42 Å². The second kappa shape index (κ2) is 4.74. The summed E-state index contributed by atoms with van der Waals surface area (Å²) in [6, 6.07) is 5.03. The summed E-state index contributed by atoms with van der Waals surface area (Å²) in [6.07, 6.45) is 3.07. The first kappa shape index (κ1) is 13.1. The molecule has 1 N–H and O–H groups in total. The van der Waals surface area contributed by atoms with Gasteiger partial charge in [-0.2, -0.15) is 5.10 Å². The Morgan fingerprint density at radius 2 is 2.11 bits per heavy atom. The first-order valence-corrected chi connectivity index (χ1v) is 7.44. The van der Waals surface area contributed by atoms with Crippen LogP contribution in [-0.2, 0) is 17.1 Å². The molecule has 0 aliphatic heterocycles. The molecule has 0 amide bonds. The molecule has 0 aliphatic rings. The molecule has 2 aromatic rings. The highest BCUT2D eigenvalue weighted by Gasteiger charge is 2.17. The first-order chi connectivity index (χ1) is 8.38. The fourth-order valence-corrected chi connectivity index (χ4v) is 3.33. The van der Waals surface area contributed by atoms with Crippen LogP contribution in [0.5, 0.6) is 0 Å². The van der Waals surface area contributed by atoms with Gasteiger partial charge in [-0.1, -0.05) is 15.9 Å². The zero-order chi connectivity index (χ0) is 13.3. The van der Waals surface area contributed by atoms with E-state index in [0.29, 0.717) is 11.3 Å². The van der Waals surface area contributed by atoms with E-state index >= 15 is 0 Å². The van der Waals surface area contributed by atoms with E-state index in [0.717, 1.165) is 4.47 Å². The third kappa shape index (κ3) is 2.73. The summed E-state index contributed by atoms with van der Waals surface area (Å²) in [7, 11) is -1.85. The summed E-state index contributed by atoms with van der Waals surface area (Å²) in [5, 5.41) is 3.91. The van der Waals surface area contributed by atoms with E-state index in [2.05, 4.69) is 25.8 Å². The van der Waals surface area contributed by atoms with Crippen molar-refractivity contribution < 1.29 is 8.42 Å². The Kier molecular flexibility index (Phi) is 3.45. The number of halogens is 1. The van der Waals surface area contributed by atoms with E-state index in [1.807, 2.05) is 0 Å². The number of hydrogen-bond donors (Lipinski definition) is 1. The lowest BCUT2D eigenvalue weighted by Gasteiger charge is -2.08. The molecule has 0 saturated carbocycles. The van der Waals surface area contributed by atoms with Crippen LogP contribution in [0.25, 0.3) is 0 Å². The lowest BCUT2D eigenvalue weighted by Crippen LogP contribution is -2.13. The topological polar surface area (TPSA) is 64.0 Å². The molecule has 1 aromatic heterocycles. The minimum atomic E-state index is -3.57. The van der Waals surface area contributed by atoms with E-state index in [1.165, 1.54) is 10.9 Å². The Balaban J connectivity index is 2.36. The summed E-state index contributed by atoms with van der Waals surface area (Å²) in [6.45, 7) is 1.75. The molecule has 0 atom stereocenters. The van der Waals surface area contributed by atoms with Crippen LogP contribution in [0.2, 0.25) is 0 Å². The van der Waals surface area contributed by atoms with Crippen molar-refractivity contribution in [1.82, 2.24) is 9.78 Å². The predicted octanol–water partition coefficient (Wildman–Crippen LogP) is 2.29. The molecule has 5 nitrogen and oxygen atoms in total. The molecule has 0 spiro atoms. The van der Waals surface area contributed by atoms with Crippen molar-refractivity contribution in [2.75, 3.05) is 4.72 Å². The molecular weight excluding hydrogens is 318 g/mol. The van der Waals surface area contributed by atoms with Gasteiger partial charge in [0, 0.05) is 17.7 Å². The average molecular weight is 330 g/mol. The fraction of sp³-hybridized carbons (Fsp3) is 0.182. The molecule has 0 saturated heterocycles. The number of rotatable bonds is 3. The van der Waals surface area contributed by atoms with Crippen LogP contribution in [0, 0.1) is 6.92 Å². The molecule has 96 valence electrons. The van der Waals surface area contributed by atoms with Crippen LogP contribution in [-0.4, -0.2) is 18.2 Å². The van der Waals surface area contributed by atoms with Crippen molar-refractivity contribution in [3.05, 3.63) is 40.6 Å². The lowest BCUT2D eigenvalue weighted by molar-refractivity contribution is 0.600.